The Morgan fingerprint density at radius 3 is 2.36 bits per heavy atom. The van der Waals surface area contributed by atoms with E-state index in [1.165, 1.54) is 32.1 Å². The molecule has 1 heteroatoms. The van der Waals surface area contributed by atoms with Gasteiger partial charge in [0, 0.05) is 5.38 Å². The van der Waals surface area contributed by atoms with E-state index < -0.39 is 0 Å². The van der Waals surface area contributed by atoms with E-state index in [1.807, 2.05) is 0 Å². The normalized spacial score (nSPS) is 25.4. The van der Waals surface area contributed by atoms with Crippen LogP contribution >= 0.6 is 11.6 Å². The van der Waals surface area contributed by atoms with Crippen LogP contribution in [0, 0.1) is 11.8 Å². The van der Waals surface area contributed by atoms with Crippen LogP contribution in [0.1, 0.15) is 46.0 Å². The van der Waals surface area contributed by atoms with Crippen molar-refractivity contribution < 1.29 is 0 Å². The fourth-order valence-corrected chi connectivity index (χ4v) is 2.40. The SMILES string of the molecule is CCC(C)C(Cl)C1CCCC1. The highest BCUT2D eigenvalue weighted by atomic mass is 35.5. The van der Waals surface area contributed by atoms with Gasteiger partial charge in [-0.1, -0.05) is 33.1 Å². The second-order valence-corrected chi connectivity index (χ2v) is 4.38. The summed E-state index contributed by atoms with van der Waals surface area (Å²) in [7, 11) is 0. The lowest BCUT2D eigenvalue weighted by Crippen LogP contribution is -2.19. The fraction of sp³-hybridized carbons (Fsp3) is 1.00. The molecule has 1 saturated carbocycles. The fourth-order valence-electron chi connectivity index (χ4n) is 1.97. The number of hydrogen-bond acceptors (Lipinski definition) is 0. The third-order valence-corrected chi connectivity index (χ3v) is 3.82. The van der Waals surface area contributed by atoms with Gasteiger partial charge in [0.05, 0.1) is 0 Å². The van der Waals surface area contributed by atoms with Crippen molar-refractivity contribution in [3.8, 4) is 0 Å². The van der Waals surface area contributed by atoms with Gasteiger partial charge >= 0.3 is 0 Å². The van der Waals surface area contributed by atoms with E-state index in [4.69, 9.17) is 11.6 Å². The highest BCUT2D eigenvalue weighted by molar-refractivity contribution is 6.21. The molecule has 0 nitrogen and oxygen atoms in total. The van der Waals surface area contributed by atoms with Crippen molar-refractivity contribution in [1.29, 1.82) is 0 Å². The molecule has 0 radical (unpaired) electrons. The molecule has 66 valence electrons. The van der Waals surface area contributed by atoms with Crippen LogP contribution in [0.4, 0.5) is 0 Å². The van der Waals surface area contributed by atoms with Crippen molar-refractivity contribution in [1.82, 2.24) is 0 Å². The van der Waals surface area contributed by atoms with Crippen LogP contribution in [-0.2, 0) is 0 Å². The van der Waals surface area contributed by atoms with E-state index >= 15 is 0 Å². The minimum absolute atomic E-state index is 0.447. The standard InChI is InChI=1S/C10H19Cl/c1-3-8(2)10(11)9-6-4-5-7-9/h8-10H,3-7H2,1-2H3. The Morgan fingerprint density at radius 1 is 1.36 bits per heavy atom. The van der Waals surface area contributed by atoms with E-state index in [9.17, 15) is 0 Å². The van der Waals surface area contributed by atoms with Gasteiger partial charge in [0.1, 0.15) is 0 Å². The lowest BCUT2D eigenvalue weighted by molar-refractivity contribution is 0.399. The quantitative estimate of drug-likeness (QED) is 0.571. The molecular formula is C10H19Cl. The average molecular weight is 175 g/mol. The molecule has 0 heterocycles. The first-order valence-electron chi connectivity index (χ1n) is 4.89. The first-order valence-corrected chi connectivity index (χ1v) is 5.33. The molecule has 1 aliphatic carbocycles. The van der Waals surface area contributed by atoms with Gasteiger partial charge in [-0.2, -0.15) is 0 Å². The summed E-state index contributed by atoms with van der Waals surface area (Å²) >= 11 is 6.34. The van der Waals surface area contributed by atoms with Crippen molar-refractivity contribution in [2.45, 2.75) is 51.3 Å². The minimum Gasteiger partial charge on any atom is -0.122 e. The van der Waals surface area contributed by atoms with E-state index in [1.54, 1.807) is 0 Å². The van der Waals surface area contributed by atoms with Gasteiger partial charge in [0.2, 0.25) is 0 Å². The van der Waals surface area contributed by atoms with Crippen molar-refractivity contribution >= 4 is 11.6 Å². The van der Waals surface area contributed by atoms with Crippen LogP contribution < -0.4 is 0 Å². The molecule has 0 N–H and O–H groups in total. The monoisotopic (exact) mass is 174 g/mol. The molecule has 0 aromatic rings. The van der Waals surface area contributed by atoms with Crippen LogP contribution in [0.5, 0.6) is 0 Å². The van der Waals surface area contributed by atoms with Crippen molar-refractivity contribution in [3.63, 3.8) is 0 Å². The molecule has 1 aliphatic rings. The van der Waals surface area contributed by atoms with Crippen LogP contribution in [0.3, 0.4) is 0 Å². The summed E-state index contributed by atoms with van der Waals surface area (Å²) in [5.41, 5.74) is 0. The number of hydrogen-bond donors (Lipinski definition) is 0. The maximum absolute atomic E-state index is 6.34. The van der Waals surface area contributed by atoms with Gasteiger partial charge in [0.15, 0.2) is 0 Å². The highest BCUT2D eigenvalue weighted by Gasteiger charge is 2.26. The Balaban J connectivity index is 2.32. The zero-order valence-corrected chi connectivity index (χ0v) is 8.40. The summed E-state index contributed by atoms with van der Waals surface area (Å²) < 4.78 is 0. The summed E-state index contributed by atoms with van der Waals surface area (Å²) in [6, 6.07) is 0. The molecule has 2 unspecified atom stereocenters. The molecule has 0 spiro atoms. The summed E-state index contributed by atoms with van der Waals surface area (Å²) in [5.74, 6) is 1.53. The zero-order chi connectivity index (χ0) is 8.27. The second kappa shape index (κ2) is 4.35. The van der Waals surface area contributed by atoms with E-state index in [2.05, 4.69) is 13.8 Å². The number of alkyl halides is 1. The second-order valence-electron chi connectivity index (χ2n) is 3.87. The van der Waals surface area contributed by atoms with Gasteiger partial charge in [-0.05, 0) is 24.7 Å². The largest absolute Gasteiger partial charge is 0.122 e. The Labute approximate surface area is 75.3 Å². The number of halogens is 1. The minimum atomic E-state index is 0.447. The first-order chi connectivity index (χ1) is 5.25. The molecule has 2 atom stereocenters. The summed E-state index contributed by atoms with van der Waals surface area (Å²) in [5, 5.41) is 0.447. The Hall–Kier alpha value is 0.290. The Bertz CT molecular complexity index is 105. The molecule has 0 amide bonds. The van der Waals surface area contributed by atoms with Crippen LogP contribution in [0.25, 0.3) is 0 Å². The smallest absolute Gasteiger partial charge is 0.0389 e. The molecule has 0 aliphatic heterocycles. The van der Waals surface area contributed by atoms with Gasteiger partial charge in [-0.3, -0.25) is 0 Å². The van der Waals surface area contributed by atoms with Gasteiger partial charge in [-0.25, -0.2) is 0 Å². The van der Waals surface area contributed by atoms with Crippen molar-refractivity contribution in [3.05, 3.63) is 0 Å². The van der Waals surface area contributed by atoms with Crippen LogP contribution in [0.2, 0.25) is 0 Å². The van der Waals surface area contributed by atoms with Crippen molar-refractivity contribution in [2.75, 3.05) is 0 Å². The topological polar surface area (TPSA) is 0 Å². The van der Waals surface area contributed by atoms with Crippen LogP contribution in [-0.4, -0.2) is 5.38 Å². The van der Waals surface area contributed by atoms with Gasteiger partial charge in [0.25, 0.3) is 0 Å². The van der Waals surface area contributed by atoms with Gasteiger partial charge in [-0.15, -0.1) is 11.6 Å². The lowest BCUT2D eigenvalue weighted by Gasteiger charge is -2.22. The average Bonchev–Trinajstić information content (AvgIpc) is 2.53. The maximum Gasteiger partial charge on any atom is 0.0389 e. The number of rotatable bonds is 3. The molecule has 0 aromatic carbocycles. The molecule has 11 heavy (non-hydrogen) atoms. The Morgan fingerprint density at radius 2 is 1.91 bits per heavy atom. The van der Waals surface area contributed by atoms with Crippen LogP contribution in [0.15, 0.2) is 0 Å². The molecule has 0 bridgehead atoms. The van der Waals surface area contributed by atoms with Crippen molar-refractivity contribution in [2.24, 2.45) is 11.8 Å². The van der Waals surface area contributed by atoms with Gasteiger partial charge < -0.3 is 0 Å². The predicted molar refractivity (Wildman–Crippen MR) is 51.1 cm³/mol. The molecule has 1 fully saturated rings. The van der Waals surface area contributed by atoms with E-state index in [0.29, 0.717) is 11.3 Å². The predicted octanol–water partition coefficient (Wildman–Crippen LogP) is 3.83. The summed E-state index contributed by atoms with van der Waals surface area (Å²) in [4.78, 5) is 0. The summed E-state index contributed by atoms with van der Waals surface area (Å²) in [6.45, 7) is 4.50. The zero-order valence-electron chi connectivity index (χ0n) is 7.65. The Kier molecular flexibility index (Phi) is 3.71. The molecule has 0 saturated heterocycles. The molecule has 0 aromatic heterocycles. The summed E-state index contributed by atoms with van der Waals surface area (Å²) in [6.07, 6.45) is 6.79. The maximum atomic E-state index is 6.34. The first kappa shape index (κ1) is 9.38. The molecule has 1 rings (SSSR count). The highest BCUT2D eigenvalue weighted by Crippen LogP contribution is 2.34. The van der Waals surface area contributed by atoms with E-state index in [-0.39, 0.29) is 0 Å². The third-order valence-electron chi connectivity index (χ3n) is 3.04. The lowest BCUT2D eigenvalue weighted by atomic mass is 9.92. The third kappa shape index (κ3) is 2.37. The van der Waals surface area contributed by atoms with E-state index in [0.717, 1.165) is 5.92 Å². The molecular weight excluding hydrogens is 156 g/mol.